The molecule has 0 saturated carbocycles. The van der Waals surface area contributed by atoms with Gasteiger partial charge in [-0.25, -0.2) is 5.43 Å². The number of benzene rings is 3. The molecular weight excluding hydrogens is 352 g/mol. The van der Waals surface area contributed by atoms with Crippen LogP contribution in [0.4, 0.5) is 0 Å². The number of carbonyl (C=O) groups excluding carboxylic acids is 1. The van der Waals surface area contributed by atoms with Crippen LogP contribution < -0.4 is 14.9 Å². The highest BCUT2D eigenvalue weighted by atomic mass is 16.5. The Morgan fingerprint density at radius 1 is 1.04 bits per heavy atom. The molecule has 142 valence electrons. The summed E-state index contributed by atoms with van der Waals surface area (Å²) in [4.78, 5) is 12.2. The van der Waals surface area contributed by atoms with Gasteiger partial charge in [0.15, 0.2) is 0 Å². The van der Waals surface area contributed by atoms with Crippen LogP contribution in [0, 0.1) is 6.92 Å². The lowest BCUT2D eigenvalue weighted by molar-refractivity contribution is 0.0954. The molecule has 0 saturated heterocycles. The minimum atomic E-state index is -0.312. The van der Waals surface area contributed by atoms with Crippen LogP contribution in [-0.2, 0) is 6.61 Å². The predicted octanol–water partition coefficient (Wildman–Crippen LogP) is 4.35. The number of aryl methyl sites for hydroxylation is 1. The van der Waals surface area contributed by atoms with Gasteiger partial charge < -0.3 is 9.47 Å². The maximum absolute atomic E-state index is 12.2. The van der Waals surface area contributed by atoms with Gasteiger partial charge in [0.05, 0.1) is 13.3 Å². The Bertz CT molecular complexity index is 966. The van der Waals surface area contributed by atoms with E-state index in [1.54, 1.807) is 37.6 Å². The number of rotatable bonds is 7. The standard InChI is InChI=1S/C23H22N2O3/c1-17-10-12-18(13-11-17)16-28-22-9-4-3-6-20(22)15-24-25-23(26)19-7-5-8-21(14-19)27-2/h3-15H,16H2,1-2H3,(H,25,26)/b24-15+. The molecule has 5 heteroatoms. The molecule has 0 bridgehead atoms. The maximum Gasteiger partial charge on any atom is 0.271 e. The van der Waals surface area contributed by atoms with Crippen LogP contribution in [0.15, 0.2) is 77.9 Å². The summed E-state index contributed by atoms with van der Waals surface area (Å²) in [5, 5.41) is 4.06. The van der Waals surface area contributed by atoms with Crippen LogP contribution >= 0.6 is 0 Å². The Labute approximate surface area is 164 Å². The van der Waals surface area contributed by atoms with Gasteiger partial charge in [0.2, 0.25) is 0 Å². The normalized spacial score (nSPS) is 10.6. The smallest absolute Gasteiger partial charge is 0.271 e. The summed E-state index contributed by atoms with van der Waals surface area (Å²) in [7, 11) is 1.56. The highest BCUT2D eigenvalue weighted by molar-refractivity contribution is 5.95. The number of para-hydroxylation sites is 1. The zero-order chi connectivity index (χ0) is 19.8. The largest absolute Gasteiger partial charge is 0.497 e. The molecule has 0 spiro atoms. The first-order chi connectivity index (χ1) is 13.7. The van der Waals surface area contributed by atoms with Gasteiger partial charge in [-0.2, -0.15) is 5.10 Å². The van der Waals surface area contributed by atoms with E-state index in [0.29, 0.717) is 23.7 Å². The lowest BCUT2D eigenvalue weighted by atomic mass is 10.1. The molecule has 28 heavy (non-hydrogen) atoms. The molecule has 0 fully saturated rings. The van der Waals surface area contributed by atoms with Crippen molar-refractivity contribution < 1.29 is 14.3 Å². The molecule has 3 rings (SSSR count). The molecule has 3 aromatic carbocycles. The minimum Gasteiger partial charge on any atom is -0.497 e. The number of amides is 1. The molecule has 0 aliphatic rings. The second kappa shape index (κ2) is 9.37. The molecule has 0 aliphatic heterocycles. The first-order valence-corrected chi connectivity index (χ1v) is 8.90. The maximum atomic E-state index is 12.2. The number of carbonyl (C=O) groups is 1. The van der Waals surface area contributed by atoms with Crippen molar-refractivity contribution in [3.63, 3.8) is 0 Å². The monoisotopic (exact) mass is 374 g/mol. The summed E-state index contributed by atoms with van der Waals surface area (Å²) in [6, 6.07) is 22.6. The summed E-state index contributed by atoms with van der Waals surface area (Å²) in [5.41, 5.74) is 6.07. The van der Waals surface area contributed by atoms with Crippen molar-refractivity contribution in [2.45, 2.75) is 13.5 Å². The number of hydrazone groups is 1. The van der Waals surface area contributed by atoms with Crippen molar-refractivity contribution in [3.05, 3.63) is 95.1 Å². The van der Waals surface area contributed by atoms with Gasteiger partial charge in [-0.15, -0.1) is 0 Å². The molecule has 1 amide bonds. The van der Waals surface area contributed by atoms with Crippen molar-refractivity contribution in [1.29, 1.82) is 0 Å². The topological polar surface area (TPSA) is 59.9 Å². The average Bonchev–Trinajstić information content (AvgIpc) is 2.74. The quantitative estimate of drug-likeness (QED) is 0.494. The number of nitrogens with one attached hydrogen (secondary N) is 1. The van der Waals surface area contributed by atoms with E-state index in [1.807, 2.05) is 36.4 Å². The predicted molar refractivity (Wildman–Crippen MR) is 110 cm³/mol. The molecule has 0 unspecified atom stereocenters. The van der Waals surface area contributed by atoms with E-state index in [-0.39, 0.29) is 5.91 Å². The molecule has 0 aliphatic carbocycles. The molecular formula is C23H22N2O3. The van der Waals surface area contributed by atoms with Crippen LogP contribution in [-0.4, -0.2) is 19.2 Å². The second-order valence-corrected chi connectivity index (χ2v) is 6.24. The Balaban J connectivity index is 1.63. The van der Waals surface area contributed by atoms with Crippen molar-refractivity contribution >= 4 is 12.1 Å². The van der Waals surface area contributed by atoms with Crippen molar-refractivity contribution in [1.82, 2.24) is 5.43 Å². The highest BCUT2D eigenvalue weighted by Crippen LogP contribution is 2.18. The summed E-state index contributed by atoms with van der Waals surface area (Å²) in [6.07, 6.45) is 1.57. The number of hydrogen-bond acceptors (Lipinski definition) is 4. The van der Waals surface area contributed by atoms with Crippen LogP contribution in [0.2, 0.25) is 0 Å². The summed E-state index contributed by atoms with van der Waals surface area (Å²) in [5.74, 6) is 1.00. The van der Waals surface area contributed by atoms with Crippen LogP contribution in [0.5, 0.6) is 11.5 Å². The highest BCUT2D eigenvalue weighted by Gasteiger charge is 2.06. The third-order valence-corrected chi connectivity index (χ3v) is 4.14. The van der Waals surface area contributed by atoms with E-state index >= 15 is 0 Å². The third-order valence-electron chi connectivity index (χ3n) is 4.14. The fraction of sp³-hybridized carbons (Fsp3) is 0.130. The first-order valence-electron chi connectivity index (χ1n) is 8.90. The van der Waals surface area contributed by atoms with Gasteiger partial charge in [0.1, 0.15) is 18.1 Å². The van der Waals surface area contributed by atoms with E-state index < -0.39 is 0 Å². The van der Waals surface area contributed by atoms with Gasteiger partial charge in [0, 0.05) is 11.1 Å². The van der Waals surface area contributed by atoms with E-state index in [2.05, 4.69) is 29.6 Å². The van der Waals surface area contributed by atoms with Gasteiger partial charge in [-0.1, -0.05) is 48.0 Å². The van der Waals surface area contributed by atoms with E-state index in [0.717, 1.165) is 11.1 Å². The van der Waals surface area contributed by atoms with Gasteiger partial charge >= 0.3 is 0 Å². The molecule has 0 aromatic heterocycles. The fourth-order valence-corrected chi connectivity index (χ4v) is 2.55. The number of ether oxygens (including phenoxy) is 2. The number of nitrogens with zero attached hydrogens (tertiary/aromatic N) is 1. The van der Waals surface area contributed by atoms with Crippen LogP contribution in [0.1, 0.15) is 27.0 Å². The SMILES string of the molecule is COc1cccc(C(=O)N/N=C/c2ccccc2OCc2ccc(C)cc2)c1. The van der Waals surface area contributed by atoms with E-state index in [1.165, 1.54) is 5.56 Å². The zero-order valence-corrected chi connectivity index (χ0v) is 15.9. The zero-order valence-electron chi connectivity index (χ0n) is 15.9. The molecule has 0 radical (unpaired) electrons. The van der Waals surface area contributed by atoms with Crippen LogP contribution in [0.3, 0.4) is 0 Å². The number of methoxy groups -OCH3 is 1. The average molecular weight is 374 g/mol. The molecule has 0 atom stereocenters. The number of hydrogen-bond donors (Lipinski definition) is 1. The molecule has 3 aromatic rings. The van der Waals surface area contributed by atoms with Crippen LogP contribution in [0.25, 0.3) is 0 Å². The van der Waals surface area contributed by atoms with E-state index in [4.69, 9.17) is 9.47 Å². The second-order valence-electron chi connectivity index (χ2n) is 6.24. The summed E-state index contributed by atoms with van der Waals surface area (Å²) >= 11 is 0. The Hall–Kier alpha value is -3.60. The molecule has 0 heterocycles. The third kappa shape index (κ3) is 5.20. The molecule has 1 N–H and O–H groups in total. The van der Waals surface area contributed by atoms with Crippen molar-refractivity contribution in [2.75, 3.05) is 7.11 Å². The molecule has 5 nitrogen and oxygen atoms in total. The summed E-state index contributed by atoms with van der Waals surface area (Å²) in [6.45, 7) is 2.51. The van der Waals surface area contributed by atoms with Gasteiger partial charge in [-0.05, 0) is 42.8 Å². The van der Waals surface area contributed by atoms with Crippen molar-refractivity contribution in [2.24, 2.45) is 5.10 Å². The summed E-state index contributed by atoms with van der Waals surface area (Å²) < 4.78 is 11.0. The first kappa shape index (κ1) is 19.2. The fourth-order valence-electron chi connectivity index (χ4n) is 2.55. The van der Waals surface area contributed by atoms with E-state index in [9.17, 15) is 4.79 Å². The lowest BCUT2D eigenvalue weighted by Crippen LogP contribution is -2.17. The Morgan fingerprint density at radius 3 is 2.61 bits per heavy atom. The lowest BCUT2D eigenvalue weighted by Gasteiger charge is -2.09. The Kier molecular flexibility index (Phi) is 6.41. The van der Waals surface area contributed by atoms with Gasteiger partial charge in [-0.3, -0.25) is 4.79 Å². The van der Waals surface area contributed by atoms with Gasteiger partial charge in [0.25, 0.3) is 5.91 Å². The Morgan fingerprint density at radius 2 is 1.82 bits per heavy atom. The van der Waals surface area contributed by atoms with Crippen molar-refractivity contribution in [3.8, 4) is 11.5 Å². The minimum absolute atomic E-state index is 0.312.